The molecular formula is C14H22O4. The van der Waals surface area contributed by atoms with Crippen molar-refractivity contribution in [3.05, 3.63) is 24.8 Å². The van der Waals surface area contributed by atoms with Gasteiger partial charge in [-0.1, -0.05) is 12.2 Å². The van der Waals surface area contributed by atoms with Crippen LogP contribution in [0.4, 0.5) is 0 Å². The molecule has 0 saturated carbocycles. The Bertz CT molecular complexity index is 311. The second-order valence-electron chi connectivity index (χ2n) is 5.02. The zero-order valence-corrected chi connectivity index (χ0v) is 11.1. The molecule has 0 aromatic heterocycles. The Morgan fingerprint density at radius 3 is 3.06 bits per heavy atom. The number of unbranched alkanes of at least 4 members (excludes halogenated alkanes) is 1. The van der Waals surface area contributed by atoms with Crippen LogP contribution in [0.3, 0.4) is 0 Å². The Morgan fingerprint density at radius 1 is 1.44 bits per heavy atom. The Labute approximate surface area is 109 Å². The smallest absolute Gasteiger partial charge is 0.177 e. The number of fused-ring (bicyclic) bond motifs is 1. The van der Waals surface area contributed by atoms with Crippen molar-refractivity contribution in [2.45, 2.75) is 51.0 Å². The number of hydrogen-bond acceptors (Lipinski definition) is 4. The van der Waals surface area contributed by atoms with E-state index in [0.29, 0.717) is 13.2 Å². The maximum atomic E-state index is 5.78. The van der Waals surface area contributed by atoms with Gasteiger partial charge in [0.15, 0.2) is 12.1 Å². The molecular weight excluding hydrogens is 232 g/mol. The third-order valence-corrected chi connectivity index (χ3v) is 2.98. The van der Waals surface area contributed by atoms with Gasteiger partial charge in [0.05, 0.1) is 13.2 Å². The zero-order chi connectivity index (χ0) is 13.0. The average Bonchev–Trinajstić information content (AvgIpc) is 2.34. The molecule has 0 aromatic carbocycles. The predicted molar refractivity (Wildman–Crippen MR) is 68.1 cm³/mol. The van der Waals surface area contributed by atoms with E-state index in [4.69, 9.17) is 18.9 Å². The summed E-state index contributed by atoms with van der Waals surface area (Å²) in [6, 6.07) is 0. The molecule has 18 heavy (non-hydrogen) atoms. The second-order valence-corrected chi connectivity index (χ2v) is 5.02. The maximum Gasteiger partial charge on any atom is 0.177 e. The largest absolute Gasteiger partial charge is 0.349 e. The fraction of sp³-hybridized carbons (Fsp3) is 0.714. The van der Waals surface area contributed by atoms with E-state index in [1.54, 1.807) is 0 Å². The molecule has 2 aliphatic heterocycles. The molecule has 0 radical (unpaired) electrons. The minimum Gasteiger partial charge on any atom is -0.349 e. The maximum absolute atomic E-state index is 5.78. The standard InChI is InChI=1S/C14H22O4/c1-4-5-6-9-15-13-8-7-11-12(17-13)10-16-14(2,3)18-11/h4,7-8,11-13H,1,5-6,9-10H2,2-3H3/t11-,12+,13-/m0/s1. The van der Waals surface area contributed by atoms with Crippen LogP contribution in [-0.2, 0) is 18.9 Å². The first kappa shape index (κ1) is 13.7. The van der Waals surface area contributed by atoms with Gasteiger partial charge in [0.2, 0.25) is 0 Å². The third kappa shape index (κ3) is 3.65. The van der Waals surface area contributed by atoms with Gasteiger partial charge in [-0.3, -0.25) is 0 Å². The van der Waals surface area contributed by atoms with Crippen molar-refractivity contribution in [2.75, 3.05) is 13.2 Å². The van der Waals surface area contributed by atoms with Crippen LogP contribution in [0, 0.1) is 0 Å². The van der Waals surface area contributed by atoms with E-state index in [0.717, 1.165) is 12.8 Å². The Balaban J connectivity index is 1.80. The van der Waals surface area contributed by atoms with Crippen LogP contribution in [0.2, 0.25) is 0 Å². The lowest BCUT2D eigenvalue weighted by molar-refractivity contribution is -0.319. The van der Waals surface area contributed by atoms with Gasteiger partial charge in [0, 0.05) is 0 Å². The molecule has 0 spiro atoms. The average molecular weight is 254 g/mol. The predicted octanol–water partition coefficient (Wildman–Crippen LogP) is 2.40. The van der Waals surface area contributed by atoms with Crippen LogP contribution in [0.15, 0.2) is 24.8 Å². The summed E-state index contributed by atoms with van der Waals surface area (Å²) in [6.07, 6.45) is 7.34. The Hall–Kier alpha value is -0.680. The SMILES string of the molecule is C=CCCCO[C@@H]1C=C[C@@H]2OC(C)(C)OC[C@H]2O1. The van der Waals surface area contributed by atoms with Crippen molar-refractivity contribution in [2.24, 2.45) is 0 Å². The molecule has 0 unspecified atom stereocenters. The van der Waals surface area contributed by atoms with Crippen molar-refractivity contribution >= 4 is 0 Å². The molecule has 2 aliphatic rings. The first-order valence-electron chi connectivity index (χ1n) is 6.49. The summed E-state index contributed by atoms with van der Waals surface area (Å²) in [5.41, 5.74) is 0. The number of allylic oxidation sites excluding steroid dienone is 1. The summed E-state index contributed by atoms with van der Waals surface area (Å²) in [5.74, 6) is -0.535. The van der Waals surface area contributed by atoms with Crippen LogP contribution in [0.25, 0.3) is 0 Å². The van der Waals surface area contributed by atoms with Gasteiger partial charge in [-0.2, -0.15) is 0 Å². The highest BCUT2D eigenvalue weighted by molar-refractivity contribution is 5.02. The monoisotopic (exact) mass is 254 g/mol. The molecule has 102 valence electrons. The Kier molecular flexibility index (Phi) is 4.56. The highest BCUT2D eigenvalue weighted by Crippen LogP contribution is 2.28. The molecule has 1 saturated heterocycles. The van der Waals surface area contributed by atoms with Gasteiger partial charge in [-0.15, -0.1) is 6.58 Å². The van der Waals surface area contributed by atoms with Gasteiger partial charge >= 0.3 is 0 Å². The molecule has 2 rings (SSSR count). The number of hydrogen-bond donors (Lipinski definition) is 0. The third-order valence-electron chi connectivity index (χ3n) is 2.98. The number of rotatable bonds is 5. The summed E-state index contributed by atoms with van der Waals surface area (Å²) in [5, 5.41) is 0. The highest BCUT2D eigenvalue weighted by atomic mass is 16.7. The van der Waals surface area contributed by atoms with Gasteiger partial charge in [0.1, 0.15) is 12.2 Å². The molecule has 0 aliphatic carbocycles. The van der Waals surface area contributed by atoms with Crippen LogP contribution in [-0.4, -0.2) is 37.5 Å². The van der Waals surface area contributed by atoms with E-state index in [9.17, 15) is 0 Å². The zero-order valence-electron chi connectivity index (χ0n) is 11.1. The first-order chi connectivity index (χ1) is 8.61. The van der Waals surface area contributed by atoms with Crippen LogP contribution in [0.5, 0.6) is 0 Å². The highest BCUT2D eigenvalue weighted by Gasteiger charge is 2.38. The molecule has 0 N–H and O–H groups in total. The molecule has 4 heteroatoms. The van der Waals surface area contributed by atoms with Crippen LogP contribution in [0.1, 0.15) is 26.7 Å². The van der Waals surface area contributed by atoms with Gasteiger partial charge in [0.25, 0.3) is 0 Å². The van der Waals surface area contributed by atoms with Crippen molar-refractivity contribution in [1.82, 2.24) is 0 Å². The van der Waals surface area contributed by atoms with E-state index >= 15 is 0 Å². The van der Waals surface area contributed by atoms with Crippen LogP contribution >= 0.6 is 0 Å². The summed E-state index contributed by atoms with van der Waals surface area (Å²) < 4.78 is 22.7. The normalized spacial score (nSPS) is 34.0. The Morgan fingerprint density at radius 2 is 2.28 bits per heavy atom. The molecule has 0 bridgehead atoms. The van der Waals surface area contributed by atoms with Crippen molar-refractivity contribution in [3.8, 4) is 0 Å². The molecule has 3 atom stereocenters. The van der Waals surface area contributed by atoms with Gasteiger partial charge < -0.3 is 18.9 Å². The second kappa shape index (κ2) is 5.97. The molecule has 4 nitrogen and oxygen atoms in total. The molecule has 1 fully saturated rings. The lowest BCUT2D eigenvalue weighted by Gasteiger charge is -2.42. The quantitative estimate of drug-likeness (QED) is 0.557. The summed E-state index contributed by atoms with van der Waals surface area (Å²) in [7, 11) is 0. The van der Waals surface area contributed by atoms with E-state index < -0.39 is 5.79 Å². The van der Waals surface area contributed by atoms with E-state index in [1.807, 2.05) is 32.1 Å². The first-order valence-corrected chi connectivity index (χ1v) is 6.49. The van der Waals surface area contributed by atoms with Gasteiger partial charge in [-0.05, 0) is 32.8 Å². The van der Waals surface area contributed by atoms with Gasteiger partial charge in [-0.25, -0.2) is 0 Å². The van der Waals surface area contributed by atoms with E-state index in [-0.39, 0.29) is 18.5 Å². The lowest BCUT2D eigenvalue weighted by atomic mass is 10.1. The van der Waals surface area contributed by atoms with E-state index in [1.165, 1.54) is 0 Å². The summed E-state index contributed by atoms with van der Waals surface area (Å²) in [6.45, 7) is 8.71. The fourth-order valence-corrected chi connectivity index (χ4v) is 2.04. The molecule has 2 heterocycles. The van der Waals surface area contributed by atoms with Crippen molar-refractivity contribution in [1.29, 1.82) is 0 Å². The van der Waals surface area contributed by atoms with Crippen molar-refractivity contribution in [3.63, 3.8) is 0 Å². The summed E-state index contributed by atoms with van der Waals surface area (Å²) >= 11 is 0. The molecule has 0 amide bonds. The van der Waals surface area contributed by atoms with Crippen LogP contribution < -0.4 is 0 Å². The lowest BCUT2D eigenvalue weighted by Crippen LogP contribution is -2.51. The number of ether oxygens (including phenoxy) is 4. The summed E-state index contributed by atoms with van der Waals surface area (Å²) in [4.78, 5) is 0. The van der Waals surface area contributed by atoms with E-state index in [2.05, 4.69) is 6.58 Å². The minimum atomic E-state index is -0.535. The molecule has 0 aromatic rings. The fourth-order valence-electron chi connectivity index (χ4n) is 2.04. The topological polar surface area (TPSA) is 36.9 Å². The minimum absolute atomic E-state index is 0.0400. The van der Waals surface area contributed by atoms with Crippen molar-refractivity contribution < 1.29 is 18.9 Å².